The van der Waals surface area contributed by atoms with E-state index >= 15 is 0 Å². The van der Waals surface area contributed by atoms with Gasteiger partial charge in [0.2, 0.25) is 5.91 Å². The van der Waals surface area contributed by atoms with Crippen molar-refractivity contribution in [3.05, 3.63) is 72.3 Å². The van der Waals surface area contributed by atoms with Crippen LogP contribution in [-0.4, -0.2) is 53.7 Å². The largest absolute Gasteiger partial charge is 0.481 e. The number of amides is 2. The van der Waals surface area contributed by atoms with Gasteiger partial charge in [0.15, 0.2) is 0 Å². The van der Waals surface area contributed by atoms with Crippen molar-refractivity contribution in [3.8, 4) is 11.1 Å². The van der Waals surface area contributed by atoms with Crippen LogP contribution >= 0.6 is 0 Å². The highest BCUT2D eigenvalue weighted by Gasteiger charge is 2.38. The lowest BCUT2D eigenvalue weighted by Gasteiger charge is -2.38. The number of carboxylic acids is 1. The van der Waals surface area contributed by atoms with Gasteiger partial charge in [-0.1, -0.05) is 54.6 Å². The predicted octanol–water partition coefficient (Wildman–Crippen LogP) is 3.01. The van der Waals surface area contributed by atoms with Crippen LogP contribution in [0.4, 0.5) is 4.79 Å². The molecule has 1 saturated heterocycles. The Kier molecular flexibility index (Phi) is 5.75. The third-order valence-corrected chi connectivity index (χ3v) is 5.88. The molecule has 0 aromatic heterocycles. The van der Waals surface area contributed by atoms with E-state index in [1.165, 1.54) is 4.90 Å². The van der Waals surface area contributed by atoms with Crippen LogP contribution in [0.15, 0.2) is 61.2 Å². The first-order valence-electron chi connectivity index (χ1n) is 10.2. The normalized spacial score (nSPS) is 15.9. The van der Waals surface area contributed by atoms with Gasteiger partial charge in [-0.25, -0.2) is 4.79 Å². The summed E-state index contributed by atoms with van der Waals surface area (Å²) in [5.41, 5.74) is 4.49. The minimum absolute atomic E-state index is 0.0709. The number of carbonyl (C=O) groups is 3. The van der Waals surface area contributed by atoms with E-state index in [-0.39, 0.29) is 37.9 Å². The van der Waals surface area contributed by atoms with Crippen LogP contribution in [0.5, 0.6) is 0 Å². The Morgan fingerprint density at radius 2 is 1.68 bits per heavy atom. The average molecular weight is 420 g/mol. The molecule has 7 heteroatoms. The van der Waals surface area contributed by atoms with Crippen LogP contribution in [0, 0.1) is 5.92 Å². The van der Waals surface area contributed by atoms with Gasteiger partial charge >= 0.3 is 12.1 Å². The molecule has 7 nitrogen and oxygen atoms in total. The summed E-state index contributed by atoms with van der Waals surface area (Å²) in [5.74, 6) is -1.87. The van der Waals surface area contributed by atoms with Gasteiger partial charge in [-0.3, -0.25) is 9.59 Å². The second-order valence-corrected chi connectivity index (χ2v) is 7.83. The number of alkyl carbamates (subject to hydrolysis) is 1. The molecule has 1 heterocycles. The smallest absolute Gasteiger partial charge is 0.407 e. The summed E-state index contributed by atoms with van der Waals surface area (Å²) >= 11 is 0. The summed E-state index contributed by atoms with van der Waals surface area (Å²) in [6.07, 6.45) is 1.09. The van der Waals surface area contributed by atoms with E-state index in [1.54, 1.807) is 6.08 Å². The van der Waals surface area contributed by atoms with Crippen molar-refractivity contribution in [2.75, 3.05) is 19.7 Å². The molecule has 1 atom stereocenters. The molecule has 1 unspecified atom stereocenters. The molecule has 2 amide bonds. The van der Waals surface area contributed by atoms with Gasteiger partial charge in [0.1, 0.15) is 12.6 Å². The zero-order chi connectivity index (χ0) is 22.0. The Morgan fingerprint density at radius 3 is 2.23 bits per heavy atom. The first-order chi connectivity index (χ1) is 15.0. The molecule has 4 rings (SSSR count). The van der Waals surface area contributed by atoms with Crippen molar-refractivity contribution in [2.24, 2.45) is 5.92 Å². The monoisotopic (exact) mass is 420 g/mol. The summed E-state index contributed by atoms with van der Waals surface area (Å²) in [4.78, 5) is 37.5. The second kappa shape index (κ2) is 8.63. The Balaban J connectivity index is 1.39. The Labute approximate surface area is 180 Å². The van der Waals surface area contributed by atoms with E-state index in [2.05, 4.69) is 24.0 Å². The van der Waals surface area contributed by atoms with Crippen LogP contribution in [0.2, 0.25) is 0 Å². The first-order valence-corrected chi connectivity index (χ1v) is 10.2. The van der Waals surface area contributed by atoms with Crippen LogP contribution in [0.3, 0.4) is 0 Å². The molecule has 0 bridgehead atoms. The van der Waals surface area contributed by atoms with E-state index in [9.17, 15) is 14.4 Å². The van der Waals surface area contributed by atoms with E-state index in [1.807, 2.05) is 36.4 Å². The van der Waals surface area contributed by atoms with E-state index in [0.29, 0.717) is 0 Å². The maximum atomic E-state index is 12.6. The van der Waals surface area contributed by atoms with Crippen molar-refractivity contribution < 1.29 is 24.2 Å². The second-order valence-electron chi connectivity index (χ2n) is 7.83. The van der Waals surface area contributed by atoms with E-state index in [0.717, 1.165) is 22.3 Å². The number of likely N-dealkylation sites (tertiary alicyclic amines) is 1. The zero-order valence-electron chi connectivity index (χ0n) is 17.0. The molecule has 31 heavy (non-hydrogen) atoms. The number of rotatable bonds is 7. The van der Waals surface area contributed by atoms with Gasteiger partial charge in [-0.15, -0.1) is 6.58 Å². The Morgan fingerprint density at radius 1 is 1.10 bits per heavy atom. The molecule has 0 saturated carbocycles. The third-order valence-electron chi connectivity index (χ3n) is 5.88. The lowest BCUT2D eigenvalue weighted by Crippen LogP contribution is -2.58. The van der Waals surface area contributed by atoms with E-state index in [4.69, 9.17) is 9.84 Å². The quantitative estimate of drug-likeness (QED) is 0.672. The average Bonchev–Trinajstić information content (AvgIpc) is 3.04. The van der Waals surface area contributed by atoms with Crippen LogP contribution in [0.1, 0.15) is 23.5 Å². The highest BCUT2D eigenvalue weighted by Crippen LogP contribution is 2.44. The van der Waals surface area contributed by atoms with Crippen molar-refractivity contribution in [1.29, 1.82) is 0 Å². The summed E-state index contributed by atoms with van der Waals surface area (Å²) < 4.78 is 5.51. The molecule has 2 aliphatic rings. The predicted molar refractivity (Wildman–Crippen MR) is 115 cm³/mol. The first kappa shape index (κ1) is 20.7. The summed E-state index contributed by atoms with van der Waals surface area (Å²) in [5, 5.41) is 11.6. The molecular weight excluding hydrogens is 396 g/mol. The fourth-order valence-electron chi connectivity index (χ4n) is 4.21. The van der Waals surface area contributed by atoms with Gasteiger partial charge < -0.3 is 20.1 Å². The number of nitrogens with one attached hydrogen (secondary N) is 1. The number of benzene rings is 2. The molecule has 2 aromatic rings. The van der Waals surface area contributed by atoms with Gasteiger partial charge in [0.25, 0.3) is 0 Å². The van der Waals surface area contributed by atoms with Gasteiger partial charge in [-0.2, -0.15) is 0 Å². The minimum Gasteiger partial charge on any atom is -0.481 e. The molecule has 0 radical (unpaired) electrons. The van der Waals surface area contributed by atoms with Crippen molar-refractivity contribution in [2.45, 2.75) is 18.4 Å². The van der Waals surface area contributed by atoms with Gasteiger partial charge in [-0.05, 0) is 28.7 Å². The van der Waals surface area contributed by atoms with Crippen molar-refractivity contribution >= 4 is 18.0 Å². The molecule has 1 aliphatic heterocycles. The number of aliphatic carboxylic acids is 1. The molecule has 160 valence electrons. The van der Waals surface area contributed by atoms with Crippen molar-refractivity contribution in [1.82, 2.24) is 10.2 Å². The van der Waals surface area contributed by atoms with Gasteiger partial charge in [0.05, 0.1) is 5.92 Å². The van der Waals surface area contributed by atoms with Crippen LogP contribution in [0.25, 0.3) is 11.1 Å². The van der Waals surface area contributed by atoms with Crippen LogP contribution < -0.4 is 5.32 Å². The third kappa shape index (κ3) is 4.03. The number of fused-ring (bicyclic) bond motifs is 3. The molecule has 1 fully saturated rings. The Bertz CT molecular complexity index is 983. The Hall–Kier alpha value is -3.61. The van der Waals surface area contributed by atoms with Gasteiger partial charge in [0, 0.05) is 19.0 Å². The maximum Gasteiger partial charge on any atom is 0.407 e. The standard InChI is InChI=1S/C24H24N2O5/c1-2-7-21(22(27)26-12-15(13-26)23(28)29)25-24(30)31-14-20-18-10-5-3-8-16(18)17-9-4-6-11-19(17)20/h2-6,8-11,15,20-21H,1,7,12-14H2,(H,25,30)(H,28,29). The SMILES string of the molecule is C=CCC(NC(=O)OCC1c2ccccc2-c2ccccc21)C(=O)N1CC(C(=O)O)C1. The minimum atomic E-state index is -0.922. The number of nitrogens with zero attached hydrogens (tertiary/aromatic N) is 1. The molecule has 2 N–H and O–H groups in total. The fourth-order valence-corrected chi connectivity index (χ4v) is 4.21. The summed E-state index contributed by atoms with van der Waals surface area (Å²) in [7, 11) is 0. The van der Waals surface area contributed by atoms with Crippen molar-refractivity contribution in [3.63, 3.8) is 0 Å². The molecular formula is C24H24N2O5. The number of carboxylic acid groups (broad SMARTS) is 1. The molecule has 1 aliphatic carbocycles. The fraction of sp³-hybridized carbons (Fsp3) is 0.292. The topological polar surface area (TPSA) is 95.9 Å². The zero-order valence-corrected chi connectivity index (χ0v) is 17.0. The molecule has 2 aromatic carbocycles. The lowest BCUT2D eigenvalue weighted by molar-refractivity contribution is -0.153. The number of ether oxygens (including phenoxy) is 1. The van der Waals surface area contributed by atoms with Crippen LogP contribution in [-0.2, 0) is 14.3 Å². The highest BCUT2D eigenvalue weighted by atomic mass is 16.5. The number of carbonyl (C=O) groups excluding carboxylic acids is 2. The van der Waals surface area contributed by atoms with E-state index < -0.39 is 24.0 Å². The molecule has 0 spiro atoms. The lowest BCUT2D eigenvalue weighted by atomic mass is 9.98. The highest BCUT2D eigenvalue weighted by molar-refractivity contribution is 5.88. The maximum absolute atomic E-state index is 12.6. The number of hydrogen-bond donors (Lipinski definition) is 2. The summed E-state index contributed by atoms with van der Waals surface area (Å²) in [6.45, 7) is 4.09. The number of hydrogen-bond acceptors (Lipinski definition) is 4. The summed E-state index contributed by atoms with van der Waals surface area (Å²) in [6, 6.07) is 15.3.